The van der Waals surface area contributed by atoms with Gasteiger partial charge in [-0.1, -0.05) is 48.0 Å². The van der Waals surface area contributed by atoms with Gasteiger partial charge in [0, 0.05) is 16.6 Å². The number of halogens is 3. The molecule has 1 atom stereocenters. The Kier molecular flexibility index (Phi) is 5.60. The highest BCUT2D eigenvalue weighted by Crippen LogP contribution is 2.24. The van der Waals surface area contributed by atoms with Crippen molar-refractivity contribution in [2.24, 2.45) is 5.73 Å². The summed E-state index contributed by atoms with van der Waals surface area (Å²) in [5.74, 6) is -0.302. The van der Waals surface area contributed by atoms with Crippen molar-refractivity contribution in [3.8, 4) is 0 Å². The van der Waals surface area contributed by atoms with Gasteiger partial charge in [-0.05, 0) is 24.1 Å². The first kappa shape index (κ1) is 15.0. The zero-order valence-corrected chi connectivity index (χ0v) is 11.2. The lowest BCUT2D eigenvalue weighted by atomic mass is 9.99. The van der Waals surface area contributed by atoms with Crippen LogP contribution in [0.15, 0.2) is 48.5 Å². The molecule has 0 aliphatic carbocycles. The van der Waals surface area contributed by atoms with E-state index in [1.54, 1.807) is 12.1 Å². The average molecular weight is 286 g/mol. The molecular formula is C14H14Cl2FN. The molecule has 18 heavy (non-hydrogen) atoms. The number of benzene rings is 2. The molecule has 2 aromatic rings. The Morgan fingerprint density at radius 3 is 2.33 bits per heavy atom. The lowest BCUT2D eigenvalue weighted by Gasteiger charge is -2.13. The van der Waals surface area contributed by atoms with E-state index in [9.17, 15) is 4.39 Å². The second-order valence-corrected chi connectivity index (χ2v) is 4.33. The molecule has 0 aromatic heterocycles. The van der Waals surface area contributed by atoms with Crippen molar-refractivity contribution in [3.05, 3.63) is 70.5 Å². The van der Waals surface area contributed by atoms with Gasteiger partial charge in [0.05, 0.1) is 0 Å². The molecule has 0 radical (unpaired) electrons. The Morgan fingerprint density at radius 2 is 1.72 bits per heavy atom. The largest absolute Gasteiger partial charge is 0.324 e. The first-order chi connectivity index (χ1) is 8.18. The first-order valence-electron chi connectivity index (χ1n) is 5.42. The maximum Gasteiger partial charge on any atom is 0.127 e. The Hall–Kier alpha value is -1.09. The number of rotatable bonds is 3. The third-order valence-corrected chi connectivity index (χ3v) is 3.07. The smallest absolute Gasteiger partial charge is 0.127 e. The number of hydrogen-bond donors (Lipinski definition) is 1. The van der Waals surface area contributed by atoms with Crippen molar-refractivity contribution in [2.45, 2.75) is 12.5 Å². The Bertz CT molecular complexity index is 482. The molecule has 0 bridgehead atoms. The van der Waals surface area contributed by atoms with E-state index in [1.165, 1.54) is 6.07 Å². The molecule has 0 fully saturated rings. The fourth-order valence-corrected chi connectivity index (χ4v) is 2.01. The number of hydrogen-bond acceptors (Lipinski definition) is 1. The molecule has 2 aromatic carbocycles. The molecule has 2 N–H and O–H groups in total. The molecule has 2 rings (SSSR count). The molecule has 1 unspecified atom stereocenters. The molecule has 0 saturated heterocycles. The van der Waals surface area contributed by atoms with Gasteiger partial charge in [-0.25, -0.2) is 4.39 Å². The monoisotopic (exact) mass is 285 g/mol. The van der Waals surface area contributed by atoms with Crippen molar-refractivity contribution >= 4 is 24.0 Å². The summed E-state index contributed by atoms with van der Waals surface area (Å²) < 4.78 is 13.6. The maximum atomic E-state index is 13.6. The van der Waals surface area contributed by atoms with E-state index >= 15 is 0 Å². The molecule has 0 saturated carbocycles. The summed E-state index contributed by atoms with van der Waals surface area (Å²) in [6.07, 6.45) is 0.398. The van der Waals surface area contributed by atoms with Gasteiger partial charge in [-0.2, -0.15) is 0 Å². The summed E-state index contributed by atoms with van der Waals surface area (Å²) in [5.41, 5.74) is 7.50. The predicted molar refractivity (Wildman–Crippen MR) is 75.7 cm³/mol. The van der Waals surface area contributed by atoms with Crippen LogP contribution in [0, 0.1) is 5.82 Å². The summed E-state index contributed by atoms with van der Waals surface area (Å²) in [6.45, 7) is 0. The normalized spacial score (nSPS) is 11.7. The molecule has 0 heterocycles. The van der Waals surface area contributed by atoms with E-state index in [4.69, 9.17) is 17.3 Å². The van der Waals surface area contributed by atoms with Crippen LogP contribution in [0.1, 0.15) is 17.2 Å². The van der Waals surface area contributed by atoms with E-state index in [1.807, 2.05) is 30.3 Å². The molecular weight excluding hydrogens is 272 g/mol. The lowest BCUT2D eigenvalue weighted by Crippen LogP contribution is -2.14. The molecule has 4 heteroatoms. The summed E-state index contributed by atoms with van der Waals surface area (Å²) in [7, 11) is 0. The van der Waals surface area contributed by atoms with E-state index < -0.39 is 0 Å². The fourth-order valence-electron chi connectivity index (χ4n) is 1.77. The fraction of sp³-hybridized carbons (Fsp3) is 0.143. The van der Waals surface area contributed by atoms with E-state index in [-0.39, 0.29) is 24.3 Å². The predicted octanol–water partition coefficient (Wildman–Crippen LogP) is 4.14. The van der Waals surface area contributed by atoms with Crippen molar-refractivity contribution in [1.29, 1.82) is 0 Å². The van der Waals surface area contributed by atoms with Crippen LogP contribution in [0.25, 0.3) is 0 Å². The van der Waals surface area contributed by atoms with Crippen LogP contribution in [-0.2, 0) is 6.42 Å². The Morgan fingerprint density at radius 1 is 1.06 bits per heavy atom. The zero-order valence-electron chi connectivity index (χ0n) is 9.64. The van der Waals surface area contributed by atoms with Gasteiger partial charge in [0.25, 0.3) is 0 Å². The summed E-state index contributed by atoms with van der Waals surface area (Å²) in [4.78, 5) is 0. The standard InChI is InChI=1S/C14H13ClFN.ClH/c15-12-7-4-8-13(16)11(12)9-14(17)10-5-2-1-3-6-10;/h1-8,14H,9,17H2;1H. The van der Waals surface area contributed by atoms with Gasteiger partial charge in [0.2, 0.25) is 0 Å². The highest BCUT2D eigenvalue weighted by Gasteiger charge is 2.12. The minimum atomic E-state index is -0.302. The molecule has 1 nitrogen and oxygen atoms in total. The van der Waals surface area contributed by atoms with Crippen molar-refractivity contribution < 1.29 is 4.39 Å². The third kappa shape index (κ3) is 3.45. The highest BCUT2D eigenvalue weighted by molar-refractivity contribution is 6.31. The lowest BCUT2D eigenvalue weighted by molar-refractivity contribution is 0.593. The van der Waals surface area contributed by atoms with E-state index in [0.29, 0.717) is 17.0 Å². The van der Waals surface area contributed by atoms with Crippen LogP contribution < -0.4 is 5.73 Å². The van der Waals surface area contributed by atoms with Crippen LogP contribution in [0.2, 0.25) is 5.02 Å². The average Bonchev–Trinajstić information content (AvgIpc) is 2.35. The van der Waals surface area contributed by atoms with Crippen molar-refractivity contribution in [3.63, 3.8) is 0 Å². The second-order valence-electron chi connectivity index (χ2n) is 3.92. The van der Waals surface area contributed by atoms with Gasteiger partial charge in [0.15, 0.2) is 0 Å². The summed E-state index contributed by atoms with van der Waals surface area (Å²) in [6, 6.07) is 14.0. The molecule has 0 aliphatic heterocycles. The number of nitrogens with two attached hydrogens (primary N) is 1. The molecule has 96 valence electrons. The van der Waals surface area contributed by atoms with Crippen molar-refractivity contribution in [1.82, 2.24) is 0 Å². The Labute approximate surface area is 117 Å². The van der Waals surface area contributed by atoms with Gasteiger partial charge in [0.1, 0.15) is 5.82 Å². The van der Waals surface area contributed by atoms with Crippen LogP contribution in [0.4, 0.5) is 4.39 Å². The van der Waals surface area contributed by atoms with E-state index in [0.717, 1.165) is 5.56 Å². The van der Waals surface area contributed by atoms with E-state index in [2.05, 4.69) is 0 Å². The molecule has 0 spiro atoms. The first-order valence-corrected chi connectivity index (χ1v) is 5.79. The SMILES string of the molecule is Cl.NC(Cc1c(F)cccc1Cl)c1ccccc1. The quantitative estimate of drug-likeness (QED) is 0.901. The maximum absolute atomic E-state index is 13.6. The van der Waals surface area contributed by atoms with Gasteiger partial charge in [-0.3, -0.25) is 0 Å². The Balaban J connectivity index is 0.00000162. The molecule has 0 amide bonds. The van der Waals surface area contributed by atoms with Gasteiger partial charge < -0.3 is 5.73 Å². The third-order valence-electron chi connectivity index (χ3n) is 2.71. The van der Waals surface area contributed by atoms with Crippen LogP contribution in [0.5, 0.6) is 0 Å². The zero-order chi connectivity index (χ0) is 12.3. The molecule has 0 aliphatic rings. The summed E-state index contributed by atoms with van der Waals surface area (Å²) >= 11 is 5.97. The minimum absolute atomic E-state index is 0. The minimum Gasteiger partial charge on any atom is -0.324 e. The topological polar surface area (TPSA) is 26.0 Å². The second kappa shape index (κ2) is 6.74. The van der Waals surface area contributed by atoms with Crippen LogP contribution >= 0.6 is 24.0 Å². The van der Waals surface area contributed by atoms with Crippen LogP contribution in [0.3, 0.4) is 0 Å². The van der Waals surface area contributed by atoms with Gasteiger partial charge >= 0.3 is 0 Å². The summed E-state index contributed by atoms with van der Waals surface area (Å²) in [5, 5.41) is 0.427. The van der Waals surface area contributed by atoms with Crippen molar-refractivity contribution in [2.75, 3.05) is 0 Å². The van der Waals surface area contributed by atoms with Crippen LogP contribution in [-0.4, -0.2) is 0 Å². The van der Waals surface area contributed by atoms with Gasteiger partial charge in [-0.15, -0.1) is 12.4 Å². The highest BCUT2D eigenvalue weighted by atomic mass is 35.5.